The second kappa shape index (κ2) is 7.31. The maximum atomic E-state index is 4.92. The van der Waals surface area contributed by atoms with Gasteiger partial charge in [-0.3, -0.25) is 19.1 Å². The van der Waals surface area contributed by atoms with Crippen molar-refractivity contribution in [2.75, 3.05) is 26.2 Å². The van der Waals surface area contributed by atoms with Gasteiger partial charge in [0, 0.05) is 20.1 Å². The van der Waals surface area contributed by atoms with Gasteiger partial charge in [0.05, 0.1) is 35.2 Å². The van der Waals surface area contributed by atoms with Crippen molar-refractivity contribution in [3.63, 3.8) is 0 Å². The molecule has 0 saturated heterocycles. The molecule has 2 aromatic carbocycles. The number of imidazole rings is 2. The predicted molar refractivity (Wildman–Crippen MR) is 133 cm³/mol. The van der Waals surface area contributed by atoms with Crippen LogP contribution in [0.5, 0.6) is 0 Å². The molecular formula is C25H23N9. The lowest BCUT2D eigenvalue weighted by atomic mass is 10.3. The number of aliphatic imine (C=N–C) groups is 2. The number of nitrogens with one attached hydrogen (secondary N) is 2. The number of hydrogen-bond acceptors (Lipinski definition) is 6. The van der Waals surface area contributed by atoms with Crippen molar-refractivity contribution < 1.29 is 0 Å². The van der Waals surface area contributed by atoms with Crippen molar-refractivity contribution in [3.8, 4) is 11.6 Å². The van der Waals surface area contributed by atoms with Gasteiger partial charge >= 0.3 is 0 Å². The lowest BCUT2D eigenvalue weighted by Crippen LogP contribution is -2.25. The average Bonchev–Trinajstić information content (AvgIpc) is 3.68. The van der Waals surface area contributed by atoms with Crippen molar-refractivity contribution in [1.82, 2.24) is 34.3 Å². The molecule has 0 radical (unpaired) electrons. The van der Waals surface area contributed by atoms with Crippen LogP contribution in [-0.2, 0) is 7.05 Å². The second-order valence-corrected chi connectivity index (χ2v) is 8.44. The Kier molecular flexibility index (Phi) is 4.11. The van der Waals surface area contributed by atoms with E-state index in [1.54, 1.807) is 0 Å². The molecule has 0 amide bonds. The maximum Gasteiger partial charge on any atom is 0.182 e. The predicted octanol–water partition coefficient (Wildman–Crippen LogP) is 2.40. The van der Waals surface area contributed by atoms with Crippen molar-refractivity contribution in [2.45, 2.75) is 0 Å². The average molecular weight is 450 g/mol. The molecule has 9 heteroatoms. The van der Waals surface area contributed by atoms with Gasteiger partial charge in [0.2, 0.25) is 0 Å². The zero-order valence-electron chi connectivity index (χ0n) is 18.7. The summed E-state index contributed by atoms with van der Waals surface area (Å²) in [4.78, 5) is 19.2. The summed E-state index contributed by atoms with van der Waals surface area (Å²) < 4.78 is 6.54. The lowest BCUT2D eigenvalue weighted by Gasteiger charge is -2.15. The number of aromatic nitrogens is 5. The number of nitrogens with zero attached hydrogens (tertiary/aromatic N) is 7. The van der Waals surface area contributed by atoms with Crippen LogP contribution in [0.3, 0.4) is 0 Å². The molecule has 2 aliphatic heterocycles. The summed E-state index contributed by atoms with van der Waals surface area (Å²) in [6.45, 7) is 3.18. The summed E-state index contributed by atoms with van der Waals surface area (Å²) in [5, 5.41) is 6.77. The van der Waals surface area contributed by atoms with Gasteiger partial charge in [-0.1, -0.05) is 24.3 Å². The Morgan fingerprint density at radius 2 is 1.12 bits per heavy atom. The number of hydrogen-bond donors (Lipinski definition) is 2. The van der Waals surface area contributed by atoms with E-state index in [0.717, 1.165) is 83.2 Å². The highest BCUT2D eigenvalue weighted by atomic mass is 15.3. The summed E-state index contributed by atoms with van der Waals surface area (Å²) in [6.07, 6.45) is 0. The third-order valence-corrected chi connectivity index (χ3v) is 6.42. The molecule has 0 bridgehead atoms. The van der Waals surface area contributed by atoms with E-state index in [0.29, 0.717) is 0 Å². The van der Waals surface area contributed by atoms with Crippen LogP contribution in [0, 0.1) is 0 Å². The molecule has 0 atom stereocenters. The summed E-state index contributed by atoms with van der Waals surface area (Å²) in [7, 11) is 2.08. The summed E-state index contributed by atoms with van der Waals surface area (Å²) in [5.74, 6) is 5.31. The molecule has 2 aliphatic rings. The first-order valence-electron chi connectivity index (χ1n) is 11.5. The standard InChI is InChI=1S/C25H23N9/c1-32-20(33-18-8-4-2-6-16(18)30-24(33)22-26-12-13-27-22)10-11-21(32)34-19-9-5-3-7-17(19)31-25(34)23-28-14-15-29-23/h2-11H,12-15H2,1H3,(H,26,27)(H,28,29). The van der Waals surface area contributed by atoms with E-state index in [2.05, 4.69) is 65.6 Å². The van der Waals surface area contributed by atoms with E-state index < -0.39 is 0 Å². The highest BCUT2D eigenvalue weighted by molar-refractivity contribution is 6.01. The van der Waals surface area contributed by atoms with Gasteiger partial charge in [-0.25, -0.2) is 9.97 Å². The highest BCUT2D eigenvalue weighted by Crippen LogP contribution is 2.28. The van der Waals surface area contributed by atoms with Crippen molar-refractivity contribution in [3.05, 3.63) is 72.3 Å². The Morgan fingerprint density at radius 3 is 1.56 bits per heavy atom. The van der Waals surface area contributed by atoms with Gasteiger partial charge in [0.1, 0.15) is 11.6 Å². The molecule has 34 heavy (non-hydrogen) atoms. The first-order chi connectivity index (χ1) is 16.8. The van der Waals surface area contributed by atoms with Gasteiger partial charge in [-0.2, -0.15) is 0 Å². The largest absolute Gasteiger partial charge is 0.365 e. The Balaban J connectivity index is 1.47. The van der Waals surface area contributed by atoms with Crippen LogP contribution in [0.25, 0.3) is 33.7 Å². The fraction of sp³-hybridized carbons (Fsp3) is 0.200. The highest BCUT2D eigenvalue weighted by Gasteiger charge is 2.24. The summed E-state index contributed by atoms with van der Waals surface area (Å²) in [6, 6.07) is 20.7. The van der Waals surface area contributed by atoms with Crippen LogP contribution in [0.2, 0.25) is 0 Å². The molecule has 168 valence electrons. The smallest absolute Gasteiger partial charge is 0.182 e. The normalized spacial score (nSPS) is 15.6. The fourth-order valence-corrected chi connectivity index (χ4v) is 4.87. The third kappa shape index (κ3) is 2.73. The van der Waals surface area contributed by atoms with Crippen LogP contribution < -0.4 is 10.6 Å². The Bertz CT molecular complexity index is 1510. The van der Waals surface area contributed by atoms with E-state index in [4.69, 9.17) is 9.97 Å². The first kappa shape index (κ1) is 19.1. The van der Waals surface area contributed by atoms with E-state index in [1.807, 2.05) is 36.4 Å². The number of para-hydroxylation sites is 4. The maximum absolute atomic E-state index is 4.92. The van der Waals surface area contributed by atoms with Crippen LogP contribution in [0.4, 0.5) is 0 Å². The van der Waals surface area contributed by atoms with Gasteiger partial charge in [0.15, 0.2) is 23.3 Å². The Labute approximate surface area is 195 Å². The van der Waals surface area contributed by atoms with Crippen LogP contribution in [0.1, 0.15) is 11.6 Å². The van der Waals surface area contributed by atoms with E-state index in [-0.39, 0.29) is 0 Å². The molecule has 0 aliphatic carbocycles. The fourth-order valence-electron chi connectivity index (χ4n) is 4.87. The molecule has 7 rings (SSSR count). The van der Waals surface area contributed by atoms with Gasteiger partial charge in [0.25, 0.3) is 0 Å². The molecular weight excluding hydrogens is 426 g/mol. The van der Waals surface area contributed by atoms with Gasteiger partial charge < -0.3 is 15.2 Å². The Hall–Kier alpha value is -4.40. The summed E-state index contributed by atoms with van der Waals surface area (Å²) in [5.41, 5.74) is 3.96. The number of benzene rings is 2. The van der Waals surface area contributed by atoms with Crippen LogP contribution >= 0.6 is 0 Å². The SMILES string of the molecule is Cn1c(-n2c(C3=NCCN3)nc3ccccc32)ccc1-n1c(C2=NCCN2)nc2ccccc21. The van der Waals surface area contributed by atoms with Crippen molar-refractivity contribution in [1.29, 1.82) is 0 Å². The van der Waals surface area contributed by atoms with E-state index in [9.17, 15) is 0 Å². The zero-order valence-corrected chi connectivity index (χ0v) is 18.7. The Morgan fingerprint density at radius 1 is 0.647 bits per heavy atom. The summed E-state index contributed by atoms with van der Waals surface area (Å²) >= 11 is 0. The van der Waals surface area contributed by atoms with E-state index >= 15 is 0 Å². The quantitative estimate of drug-likeness (QED) is 0.441. The van der Waals surface area contributed by atoms with Crippen LogP contribution in [0.15, 0.2) is 70.6 Å². The minimum atomic E-state index is 0.760. The molecule has 5 heterocycles. The van der Waals surface area contributed by atoms with Crippen LogP contribution in [-0.4, -0.2) is 61.5 Å². The van der Waals surface area contributed by atoms with Gasteiger partial charge in [-0.15, -0.1) is 0 Å². The molecule has 0 fully saturated rings. The molecule has 0 saturated carbocycles. The lowest BCUT2D eigenvalue weighted by molar-refractivity contribution is 0.802. The number of fused-ring (bicyclic) bond motifs is 2. The third-order valence-electron chi connectivity index (χ3n) is 6.42. The molecule has 3 aromatic heterocycles. The van der Waals surface area contributed by atoms with Crippen molar-refractivity contribution in [2.24, 2.45) is 17.0 Å². The van der Waals surface area contributed by atoms with Crippen molar-refractivity contribution >= 4 is 33.7 Å². The number of rotatable bonds is 4. The van der Waals surface area contributed by atoms with Gasteiger partial charge in [-0.05, 0) is 36.4 Å². The molecule has 0 spiro atoms. The molecule has 2 N–H and O–H groups in total. The monoisotopic (exact) mass is 449 g/mol. The topological polar surface area (TPSA) is 89.4 Å². The minimum absolute atomic E-state index is 0.760. The molecule has 0 unspecified atom stereocenters. The number of amidine groups is 2. The first-order valence-corrected chi connectivity index (χ1v) is 11.5. The zero-order chi connectivity index (χ0) is 22.6. The minimum Gasteiger partial charge on any atom is -0.365 e. The molecule has 9 nitrogen and oxygen atoms in total. The molecule has 5 aromatic rings. The second-order valence-electron chi connectivity index (χ2n) is 8.44. The van der Waals surface area contributed by atoms with E-state index in [1.165, 1.54) is 0 Å².